The van der Waals surface area contributed by atoms with Crippen LogP contribution in [0.2, 0.25) is 0 Å². The number of hydrogen-bond acceptors (Lipinski definition) is 8. The van der Waals surface area contributed by atoms with Gasteiger partial charge in [-0.15, -0.1) is 0 Å². The number of nitrogens with zero attached hydrogens (tertiary/aromatic N) is 4. The van der Waals surface area contributed by atoms with Crippen LogP contribution in [0.3, 0.4) is 0 Å². The lowest BCUT2D eigenvalue weighted by molar-refractivity contribution is -0.137. The Morgan fingerprint density at radius 2 is 1.58 bits per heavy atom. The van der Waals surface area contributed by atoms with E-state index in [1.807, 2.05) is 66.7 Å². The lowest BCUT2D eigenvalue weighted by Crippen LogP contribution is -2.40. The standard InChI is InChI=1S/C34H35N7O4/c1-2-35-33(43)29-26(42)18-27(45-29)41-21-38-28-30(36-20-25(23-14-8-4-9-15-23)24-16-10-5-11-17-24)39-31(40-32(28)41)34(44)37-19-22-12-6-3-7-13-22/h3-17,21,25-27,29,42H,2,18-20H2,1H3,(H,35,43)(H,37,44)(H,36,39,40)/t26-,27?,29?/m0/s1. The molecule has 0 aliphatic carbocycles. The van der Waals surface area contributed by atoms with Crippen molar-refractivity contribution in [1.29, 1.82) is 0 Å². The Balaban J connectivity index is 1.34. The van der Waals surface area contributed by atoms with Crippen LogP contribution in [-0.4, -0.2) is 61.7 Å². The van der Waals surface area contributed by atoms with E-state index in [1.54, 1.807) is 17.8 Å². The summed E-state index contributed by atoms with van der Waals surface area (Å²) in [4.78, 5) is 39.7. The van der Waals surface area contributed by atoms with E-state index in [9.17, 15) is 14.7 Å². The van der Waals surface area contributed by atoms with Crippen molar-refractivity contribution < 1.29 is 19.4 Å². The van der Waals surface area contributed by atoms with Gasteiger partial charge < -0.3 is 25.8 Å². The first kappa shape index (κ1) is 29.9. The summed E-state index contributed by atoms with van der Waals surface area (Å²) in [6.45, 7) is 2.99. The average Bonchev–Trinajstić information content (AvgIpc) is 3.68. The van der Waals surface area contributed by atoms with Crippen molar-refractivity contribution in [1.82, 2.24) is 30.2 Å². The highest BCUT2D eigenvalue weighted by atomic mass is 16.5. The maximum atomic E-state index is 13.4. The van der Waals surface area contributed by atoms with Crippen molar-refractivity contribution in [3.63, 3.8) is 0 Å². The summed E-state index contributed by atoms with van der Waals surface area (Å²) in [5, 5.41) is 19.7. The van der Waals surface area contributed by atoms with Gasteiger partial charge in [0, 0.05) is 32.0 Å². The van der Waals surface area contributed by atoms with Crippen LogP contribution >= 0.6 is 0 Å². The Morgan fingerprint density at radius 3 is 2.22 bits per heavy atom. The van der Waals surface area contributed by atoms with Crippen LogP contribution in [-0.2, 0) is 16.1 Å². The van der Waals surface area contributed by atoms with E-state index < -0.39 is 24.3 Å². The third-order valence-corrected chi connectivity index (χ3v) is 7.81. The lowest BCUT2D eigenvalue weighted by Gasteiger charge is -2.20. The van der Waals surface area contributed by atoms with E-state index >= 15 is 0 Å². The molecule has 1 fully saturated rings. The molecule has 2 unspecified atom stereocenters. The highest BCUT2D eigenvalue weighted by Gasteiger charge is 2.40. The summed E-state index contributed by atoms with van der Waals surface area (Å²) < 4.78 is 7.62. The zero-order chi connectivity index (χ0) is 31.2. The SMILES string of the molecule is CCNC(=O)C1OC(n2cnc3c(NCC(c4ccccc4)c4ccccc4)nc(C(=O)NCc4ccccc4)nc32)C[C@@H]1O. The number of fused-ring (bicyclic) bond motifs is 1. The summed E-state index contributed by atoms with van der Waals surface area (Å²) in [5.74, 6) is -0.507. The number of rotatable bonds is 11. The molecule has 2 aromatic heterocycles. The van der Waals surface area contributed by atoms with Crippen molar-refractivity contribution in [2.24, 2.45) is 0 Å². The molecule has 3 heterocycles. The van der Waals surface area contributed by atoms with Crippen molar-refractivity contribution >= 4 is 28.8 Å². The third kappa shape index (κ3) is 6.69. The summed E-state index contributed by atoms with van der Waals surface area (Å²) in [7, 11) is 0. The van der Waals surface area contributed by atoms with Crippen LogP contribution in [0.25, 0.3) is 11.2 Å². The molecule has 45 heavy (non-hydrogen) atoms. The molecule has 1 aliphatic heterocycles. The number of carbonyl (C=O) groups is 2. The summed E-state index contributed by atoms with van der Waals surface area (Å²) in [6.07, 6.45) is -1.07. The molecule has 0 spiro atoms. The van der Waals surface area contributed by atoms with Gasteiger partial charge in [-0.2, -0.15) is 0 Å². The Kier molecular flexibility index (Phi) is 9.09. The van der Waals surface area contributed by atoms with E-state index in [1.165, 1.54) is 0 Å². The molecule has 3 atom stereocenters. The number of carbonyl (C=O) groups excluding carboxylic acids is 2. The largest absolute Gasteiger partial charge is 0.390 e. The molecule has 1 saturated heterocycles. The molecule has 6 rings (SSSR count). The Labute approximate surface area is 260 Å². The van der Waals surface area contributed by atoms with Crippen LogP contribution < -0.4 is 16.0 Å². The molecule has 230 valence electrons. The topological polar surface area (TPSA) is 143 Å². The Morgan fingerprint density at radius 1 is 0.933 bits per heavy atom. The van der Waals surface area contributed by atoms with E-state index in [4.69, 9.17) is 4.74 Å². The fraction of sp³-hybridized carbons (Fsp3) is 0.265. The van der Waals surface area contributed by atoms with Crippen LogP contribution in [0.5, 0.6) is 0 Å². The minimum atomic E-state index is -1.03. The third-order valence-electron chi connectivity index (χ3n) is 7.81. The average molecular weight is 606 g/mol. The smallest absolute Gasteiger partial charge is 0.289 e. The van der Waals surface area contributed by atoms with Crippen molar-refractivity contribution in [2.45, 2.75) is 44.2 Å². The number of anilines is 1. The minimum Gasteiger partial charge on any atom is -0.390 e. The number of imidazole rings is 1. The van der Waals surface area contributed by atoms with Gasteiger partial charge in [-0.05, 0) is 23.6 Å². The van der Waals surface area contributed by atoms with Crippen LogP contribution in [0.1, 0.15) is 52.8 Å². The van der Waals surface area contributed by atoms with Gasteiger partial charge in [-0.1, -0.05) is 91.0 Å². The number of nitrogens with one attached hydrogen (secondary N) is 3. The summed E-state index contributed by atoms with van der Waals surface area (Å²) in [5.41, 5.74) is 3.97. The van der Waals surface area contributed by atoms with Gasteiger partial charge in [-0.25, -0.2) is 15.0 Å². The molecular weight excluding hydrogens is 570 g/mol. The first-order chi connectivity index (χ1) is 22.0. The van der Waals surface area contributed by atoms with Gasteiger partial charge in [0.25, 0.3) is 11.8 Å². The minimum absolute atomic E-state index is 0.0130. The fourth-order valence-corrected chi connectivity index (χ4v) is 5.54. The highest BCUT2D eigenvalue weighted by molar-refractivity contribution is 5.94. The van der Waals surface area contributed by atoms with Crippen molar-refractivity contribution in [2.75, 3.05) is 18.4 Å². The molecule has 2 amide bonds. The van der Waals surface area contributed by atoms with Crippen LogP contribution in [0.4, 0.5) is 5.82 Å². The van der Waals surface area contributed by atoms with E-state index in [2.05, 4.69) is 55.2 Å². The first-order valence-electron chi connectivity index (χ1n) is 15.0. The monoisotopic (exact) mass is 605 g/mol. The van der Waals surface area contributed by atoms with E-state index in [0.29, 0.717) is 36.6 Å². The molecule has 11 heteroatoms. The molecule has 11 nitrogen and oxygen atoms in total. The number of aliphatic hydroxyl groups is 1. The molecule has 4 N–H and O–H groups in total. The summed E-state index contributed by atoms with van der Waals surface area (Å²) in [6, 6.07) is 29.9. The van der Waals surface area contributed by atoms with Crippen LogP contribution in [0, 0.1) is 0 Å². The first-order valence-corrected chi connectivity index (χ1v) is 15.0. The number of ether oxygens (including phenoxy) is 1. The van der Waals surface area contributed by atoms with E-state index in [-0.39, 0.29) is 24.1 Å². The lowest BCUT2D eigenvalue weighted by atomic mass is 9.91. The van der Waals surface area contributed by atoms with Gasteiger partial charge in [0.05, 0.1) is 12.4 Å². The molecule has 3 aromatic carbocycles. The zero-order valence-corrected chi connectivity index (χ0v) is 24.8. The van der Waals surface area contributed by atoms with Gasteiger partial charge >= 0.3 is 0 Å². The second kappa shape index (κ2) is 13.7. The maximum absolute atomic E-state index is 13.4. The second-order valence-corrected chi connectivity index (χ2v) is 10.9. The number of likely N-dealkylation sites (N-methyl/N-ethyl adjacent to an activating group) is 1. The maximum Gasteiger partial charge on any atom is 0.289 e. The Bertz CT molecular complexity index is 1710. The normalized spacial score (nSPS) is 17.8. The van der Waals surface area contributed by atoms with Gasteiger partial charge in [0.2, 0.25) is 5.82 Å². The molecule has 0 saturated carbocycles. The fourth-order valence-electron chi connectivity index (χ4n) is 5.54. The number of aliphatic hydroxyl groups excluding tert-OH is 1. The zero-order valence-electron chi connectivity index (χ0n) is 24.8. The van der Waals surface area contributed by atoms with Crippen molar-refractivity contribution in [3.8, 4) is 0 Å². The van der Waals surface area contributed by atoms with Gasteiger partial charge in [0.15, 0.2) is 23.1 Å². The van der Waals surface area contributed by atoms with Gasteiger partial charge in [-0.3, -0.25) is 14.2 Å². The number of benzene rings is 3. The summed E-state index contributed by atoms with van der Waals surface area (Å²) >= 11 is 0. The quantitative estimate of drug-likeness (QED) is 0.178. The molecule has 0 bridgehead atoms. The van der Waals surface area contributed by atoms with Crippen LogP contribution in [0.15, 0.2) is 97.3 Å². The highest BCUT2D eigenvalue weighted by Crippen LogP contribution is 2.33. The van der Waals surface area contributed by atoms with Gasteiger partial charge in [0.1, 0.15) is 6.23 Å². The predicted molar refractivity (Wildman–Crippen MR) is 169 cm³/mol. The second-order valence-electron chi connectivity index (χ2n) is 10.9. The number of aromatic nitrogens is 4. The molecular formula is C34H35N7O4. The van der Waals surface area contributed by atoms with E-state index in [0.717, 1.165) is 16.7 Å². The molecule has 1 aliphatic rings. The number of hydrogen-bond donors (Lipinski definition) is 4. The van der Waals surface area contributed by atoms with Crippen molar-refractivity contribution in [3.05, 3.63) is 120 Å². The Hall–Kier alpha value is -5.13. The predicted octanol–water partition coefficient (Wildman–Crippen LogP) is 3.78. The molecule has 5 aromatic rings. The number of amides is 2. The molecule has 0 radical (unpaired) electrons.